The molecule has 0 spiro atoms. The number of hydrogen-bond donors (Lipinski definition) is 3. The summed E-state index contributed by atoms with van der Waals surface area (Å²) in [5.74, 6) is -0.188. The van der Waals surface area contributed by atoms with Crippen molar-refractivity contribution in [2.75, 3.05) is 23.7 Å². The van der Waals surface area contributed by atoms with Crippen molar-refractivity contribution in [3.63, 3.8) is 0 Å². The van der Waals surface area contributed by atoms with E-state index >= 15 is 0 Å². The molecule has 0 radical (unpaired) electrons. The van der Waals surface area contributed by atoms with Gasteiger partial charge in [0.25, 0.3) is 5.91 Å². The second-order valence-corrected chi connectivity index (χ2v) is 7.70. The normalized spacial score (nSPS) is 15.9. The molecule has 1 atom stereocenters. The molecule has 0 saturated carbocycles. The van der Waals surface area contributed by atoms with Gasteiger partial charge < -0.3 is 16.0 Å². The van der Waals surface area contributed by atoms with E-state index in [9.17, 15) is 9.59 Å². The van der Waals surface area contributed by atoms with Crippen LogP contribution in [-0.4, -0.2) is 36.0 Å². The van der Waals surface area contributed by atoms with Crippen molar-refractivity contribution in [2.45, 2.75) is 19.0 Å². The lowest BCUT2D eigenvalue weighted by Gasteiger charge is -2.17. The summed E-state index contributed by atoms with van der Waals surface area (Å²) in [6, 6.07) is 26.4. The highest BCUT2D eigenvalue weighted by atomic mass is 16.2. The molecule has 0 aromatic heterocycles. The van der Waals surface area contributed by atoms with E-state index in [1.165, 1.54) is 5.56 Å². The number of nitrogens with zero attached hydrogens (tertiary/aromatic N) is 1. The van der Waals surface area contributed by atoms with E-state index in [1.54, 1.807) is 24.3 Å². The molecule has 0 bridgehead atoms. The number of amides is 3. The van der Waals surface area contributed by atoms with Crippen LogP contribution in [-0.2, 0) is 6.54 Å². The molecule has 1 aliphatic rings. The Hall–Kier alpha value is -3.64. The molecular weight excluding hydrogens is 388 g/mol. The van der Waals surface area contributed by atoms with Crippen LogP contribution in [0.3, 0.4) is 0 Å². The monoisotopic (exact) mass is 414 g/mol. The largest absolute Gasteiger partial charge is 0.334 e. The summed E-state index contributed by atoms with van der Waals surface area (Å²) in [6.07, 6.45) is 0.929. The lowest BCUT2D eigenvalue weighted by molar-refractivity contribution is 0.102. The molecule has 6 heteroatoms. The van der Waals surface area contributed by atoms with Gasteiger partial charge in [0, 0.05) is 42.6 Å². The van der Waals surface area contributed by atoms with Gasteiger partial charge >= 0.3 is 6.03 Å². The molecule has 1 fully saturated rings. The van der Waals surface area contributed by atoms with Crippen LogP contribution in [0.4, 0.5) is 16.2 Å². The summed E-state index contributed by atoms with van der Waals surface area (Å²) in [7, 11) is 0. The van der Waals surface area contributed by atoms with Crippen molar-refractivity contribution >= 4 is 23.3 Å². The second-order valence-electron chi connectivity index (χ2n) is 7.70. The van der Waals surface area contributed by atoms with Crippen LogP contribution >= 0.6 is 0 Å². The minimum atomic E-state index is -0.229. The van der Waals surface area contributed by atoms with Crippen molar-refractivity contribution in [3.8, 4) is 0 Å². The second kappa shape index (κ2) is 9.91. The quantitative estimate of drug-likeness (QED) is 0.562. The van der Waals surface area contributed by atoms with E-state index in [2.05, 4.69) is 33.0 Å². The summed E-state index contributed by atoms with van der Waals surface area (Å²) in [5.41, 5.74) is 3.20. The first kappa shape index (κ1) is 20.6. The van der Waals surface area contributed by atoms with E-state index in [4.69, 9.17) is 0 Å². The Bertz CT molecular complexity index is 1010. The smallest absolute Gasteiger partial charge is 0.319 e. The zero-order valence-electron chi connectivity index (χ0n) is 17.3. The first-order valence-corrected chi connectivity index (χ1v) is 10.5. The summed E-state index contributed by atoms with van der Waals surface area (Å²) in [5, 5.41) is 8.74. The molecule has 3 aromatic carbocycles. The number of rotatable bonds is 6. The van der Waals surface area contributed by atoms with Crippen molar-refractivity contribution in [2.24, 2.45) is 0 Å². The van der Waals surface area contributed by atoms with Crippen LogP contribution in [0.15, 0.2) is 84.9 Å². The Balaban J connectivity index is 1.24. The van der Waals surface area contributed by atoms with Crippen LogP contribution in [0.5, 0.6) is 0 Å². The van der Waals surface area contributed by atoms with Gasteiger partial charge in [-0.2, -0.15) is 0 Å². The maximum absolute atomic E-state index is 12.4. The molecule has 0 aliphatic carbocycles. The van der Waals surface area contributed by atoms with Gasteiger partial charge in [0.2, 0.25) is 0 Å². The van der Waals surface area contributed by atoms with Crippen LogP contribution in [0, 0.1) is 0 Å². The zero-order valence-corrected chi connectivity index (χ0v) is 17.3. The fraction of sp³-hybridized carbons (Fsp3) is 0.200. The van der Waals surface area contributed by atoms with Gasteiger partial charge in [-0.25, -0.2) is 4.79 Å². The Morgan fingerprint density at radius 2 is 1.45 bits per heavy atom. The lowest BCUT2D eigenvalue weighted by Crippen LogP contribution is -2.39. The zero-order chi connectivity index (χ0) is 21.5. The maximum atomic E-state index is 12.4. The molecule has 3 N–H and O–H groups in total. The summed E-state index contributed by atoms with van der Waals surface area (Å²) in [6.45, 7) is 2.69. The minimum absolute atomic E-state index is 0.125. The van der Waals surface area contributed by atoms with Gasteiger partial charge in [-0.15, -0.1) is 0 Å². The Morgan fingerprint density at radius 1 is 0.806 bits per heavy atom. The van der Waals surface area contributed by atoms with Crippen molar-refractivity contribution in [1.82, 2.24) is 10.2 Å². The fourth-order valence-corrected chi connectivity index (χ4v) is 3.72. The molecule has 1 aliphatic heterocycles. The molecular formula is C25H26N4O2. The molecule has 1 unspecified atom stereocenters. The molecule has 1 saturated heterocycles. The van der Waals surface area contributed by atoms with Gasteiger partial charge in [-0.05, 0) is 48.4 Å². The molecule has 3 amide bonds. The van der Waals surface area contributed by atoms with Crippen LogP contribution in [0.2, 0.25) is 0 Å². The average Bonchev–Trinajstić information content (AvgIpc) is 3.22. The number of likely N-dealkylation sites (tertiary alicyclic amines) is 1. The Labute approximate surface area is 182 Å². The van der Waals surface area contributed by atoms with E-state index in [0.717, 1.165) is 31.7 Å². The van der Waals surface area contributed by atoms with Crippen LogP contribution in [0.25, 0.3) is 0 Å². The number of anilines is 2. The molecule has 31 heavy (non-hydrogen) atoms. The average molecular weight is 415 g/mol. The topological polar surface area (TPSA) is 73.5 Å². The maximum Gasteiger partial charge on any atom is 0.319 e. The third-order valence-corrected chi connectivity index (χ3v) is 5.29. The van der Waals surface area contributed by atoms with E-state index < -0.39 is 0 Å². The van der Waals surface area contributed by atoms with Crippen molar-refractivity contribution < 1.29 is 9.59 Å². The van der Waals surface area contributed by atoms with Gasteiger partial charge in [-0.1, -0.05) is 48.5 Å². The summed E-state index contributed by atoms with van der Waals surface area (Å²) >= 11 is 0. The van der Waals surface area contributed by atoms with E-state index in [0.29, 0.717) is 11.3 Å². The number of urea groups is 1. The number of nitrogens with one attached hydrogen (secondary N) is 3. The van der Waals surface area contributed by atoms with Gasteiger partial charge in [0.15, 0.2) is 0 Å². The SMILES string of the molecule is O=C(Nc1ccc(C(=O)Nc2ccccc2)cc1)NC1CCN(Cc2ccccc2)C1. The number of hydrogen-bond acceptors (Lipinski definition) is 3. The Morgan fingerprint density at radius 3 is 2.16 bits per heavy atom. The first-order valence-electron chi connectivity index (χ1n) is 10.5. The number of para-hydroxylation sites is 1. The number of benzene rings is 3. The molecule has 6 nitrogen and oxygen atoms in total. The van der Waals surface area contributed by atoms with Gasteiger partial charge in [0.1, 0.15) is 0 Å². The van der Waals surface area contributed by atoms with Gasteiger partial charge in [-0.3, -0.25) is 9.69 Å². The van der Waals surface area contributed by atoms with Crippen molar-refractivity contribution in [3.05, 3.63) is 96.1 Å². The summed E-state index contributed by atoms with van der Waals surface area (Å²) < 4.78 is 0. The minimum Gasteiger partial charge on any atom is -0.334 e. The lowest BCUT2D eigenvalue weighted by atomic mass is 10.2. The molecule has 158 valence electrons. The van der Waals surface area contributed by atoms with Crippen molar-refractivity contribution in [1.29, 1.82) is 0 Å². The van der Waals surface area contributed by atoms with Crippen LogP contribution < -0.4 is 16.0 Å². The molecule has 3 aromatic rings. The van der Waals surface area contributed by atoms with Crippen LogP contribution in [0.1, 0.15) is 22.3 Å². The fourth-order valence-electron chi connectivity index (χ4n) is 3.72. The third kappa shape index (κ3) is 5.93. The highest BCUT2D eigenvalue weighted by molar-refractivity contribution is 6.04. The number of carbonyl (C=O) groups excluding carboxylic acids is 2. The highest BCUT2D eigenvalue weighted by Gasteiger charge is 2.23. The predicted octanol–water partition coefficient (Wildman–Crippen LogP) is 4.33. The predicted molar refractivity (Wildman–Crippen MR) is 123 cm³/mol. The number of carbonyl (C=O) groups is 2. The van der Waals surface area contributed by atoms with E-state index in [-0.39, 0.29) is 18.0 Å². The first-order chi connectivity index (χ1) is 15.2. The standard InChI is InChI=1S/C25H26N4O2/c30-24(26-21-9-5-2-6-10-21)20-11-13-22(14-12-20)27-25(31)28-23-15-16-29(18-23)17-19-7-3-1-4-8-19/h1-14,23H,15-18H2,(H,26,30)(H2,27,28,31). The van der Waals surface area contributed by atoms with Gasteiger partial charge in [0.05, 0.1) is 0 Å². The van der Waals surface area contributed by atoms with E-state index in [1.807, 2.05) is 48.5 Å². The molecule has 4 rings (SSSR count). The summed E-state index contributed by atoms with van der Waals surface area (Å²) in [4.78, 5) is 27.0. The molecule has 1 heterocycles. The highest BCUT2D eigenvalue weighted by Crippen LogP contribution is 2.15. The third-order valence-electron chi connectivity index (χ3n) is 5.29. The Kier molecular flexibility index (Phi) is 6.59.